The lowest BCUT2D eigenvalue weighted by Gasteiger charge is -2.19. The molecule has 3 aromatic rings. The number of rotatable bonds is 7. The normalized spacial score (nSPS) is 12.9. The van der Waals surface area contributed by atoms with Gasteiger partial charge in [-0.1, -0.05) is 80.6 Å². The largest absolute Gasteiger partial charge is 0.239 e. The van der Waals surface area contributed by atoms with Crippen molar-refractivity contribution in [1.29, 1.82) is 0 Å². The summed E-state index contributed by atoms with van der Waals surface area (Å²) < 4.78 is 14.1. The van der Waals surface area contributed by atoms with Crippen LogP contribution < -0.4 is 0 Å². The Bertz CT molecular complexity index is 859. The van der Waals surface area contributed by atoms with Crippen LogP contribution in [0.1, 0.15) is 50.5 Å². The van der Waals surface area contributed by atoms with Crippen LogP contribution in [0.4, 0.5) is 4.39 Å². The lowest BCUT2D eigenvalue weighted by atomic mass is 9.97. The predicted octanol–water partition coefficient (Wildman–Crippen LogP) is 8.44. The third-order valence-electron chi connectivity index (χ3n) is 4.89. The van der Waals surface area contributed by atoms with Gasteiger partial charge < -0.3 is 0 Å². The number of benzene rings is 3. The van der Waals surface area contributed by atoms with Gasteiger partial charge in [-0.15, -0.1) is 11.8 Å². The fourth-order valence-corrected chi connectivity index (χ4v) is 4.69. The summed E-state index contributed by atoms with van der Waals surface area (Å²) in [6.45, 7) is 7.74. The second-order valence-electron chi connectivity index (χ2n) is 8.22. The summed E-state index contributed by atoms with van der Waals surface area (Å²) in [6, 6.07) is 27.3. The molecule has 0 N–H and O–H groups in total. The lowest BCUT2D eigenvalue weighted by molar-refractivity contribution is 0.221. The molecular weight excluding hydrogens is 363 g/mol. The van der Waals surface area contributed by atoms with Gasteiger partial charge in [-0.25, -0.2) is 4.39 Å². The summed E-state index contributed by atoms with van der Waals surface area (Å²) in [5.41, 5.74) is 3.07. The van der Waals surface area contributed by atoms with Crippen LogP contribution in [0.2, 0.25) is 0 Å². The lowest BCUT2D eigenvalue weighted by Crippen LogP contribution is -2.08. The zero-order valence-electron chi connectivity index (χ0n) is 17.2. The Hall–Kier alpha value is -2.06. The average Bonchev–Trinajstić information content (AvgIpc) is 2.68. The van der Waals surface area contributed by atoms with Crippen molar-refractivity contribution >= 4 is 11.8 Å². The van der Waals surface area contributed by atoms with E-state index in [2.05, 4.69) is 68.4 Å². The van der Waals surface area contributed by atoms with Crippen LogP contribution in [0.15, 0.2) is 83.8 Å². The van der Waals surface area contributed by atoms with Gasteiger partial charge >= 0.3 is 0 Å². The van der Waals surface area contributed by atoms with Crippen molar-refractivity contribution < 1.29 is 4.39 Å². The van der Waals surface area contributed by atoms with Gasteiger partial charge in [0.25, 0.3) is 0 Å². The number of thioether (sulfide) groups is 1. The van der Waals surface area contributed by atoms with Crippen LogP contribution in [0, 0.1) is 5.92 Å². The van der Waals surface area contributed by atoms with Gasteiger partial charge in [0.15, 0.2) is 0 Å². The first kappa shape index (κ1) is 20.7. The molecule has 1 unspecified atom stereocenters. The van der Waals surface area contributed by atoms with Crippen LogP contribution in [0.3, 0.4) is 0 Å². The van der Waals surface area contributed by atoms with E-state index in [0.29, 0.717) is 16.7 Å². The Morgan fingerprint density at radius 2 is 1.32 bits per heavy atom. The molecular formula is C26H29FS. The molecule has 0 radical (unpaired) electrons. The van der Waals surface area contributed by atoms with Crippen LogP contribution in [-0.4, -0.2) is 0 Å². The molecule has 0 aliphatic heterocycles. The minimum absolute atomic E-state index is 0.457. The number of hydrogen-bond donors (Lipinski definition) is 0. The van der Waals surface area contributed by atoms with E-state index in [1.54, 1.807) is 13.8 Å². The molecule has 0 spiro atoms. The molecule has 28 heavy (non-hydrogen) atoms. The van der Waals surface area contributed by atoms with Crippen LogP contribution in [0.5, 0.6) is 0 Å². The van der Waals surface area contributed by atoms with Gasteiger partial charge in [-0.3, -0.25) is 0 Å². The maximum absolute atomic E-state index is 14.1. The Labute approximate surface area is 173 Å². The second kappa shape index (κ2) is 8.96. The molecule has 0 fully saturated rings. The third kappa shape index (κ3) is 5.48. The highest BCUT2D eigenvalue weighted by molar-refractivity contribution is 7.99. The summed E-state index contributed by atoms with van der Waals surface area (Å²) in [5, 5.41) is 0.457. The topological polar surface area (TPSA) is 0 Å². The van der Waals surface area contributed by atoms with Crippen molar-refractivity contribution in [3.63, 3.8) is 0 Å². The van der Waals surface area contributed by atoms with Gasteiger partial charge in [0.1, 0.15) is 5.67 Å². The molecule has 1 atom stereocenters. The highest BCUT2D eigenvalue weighted by Gasteiger charge is 2.18. The zero-order valence-corrected chi connectivity index (χ0v) is 18.0. The monoisotopic (exact) mass is 392 g/mol. The Kier molecular flexibility index (Phi) is 6.61. The summed E-state index contributed by atoms with van der Waals surface area (Å²) in [7, 11) is 0. The summed E-state index contributed by atoms with van der Waals surface area (Å²) in [4.78, 5) is 1.28. The molecule has 0 bridgehead atoms. The number of halogens is 1. The zero-order chi connectivity index (χ0) is 20.1. The molecule has 146 valence electrons. The summed E-state index contributed by atoms with van der Waals surface area (Å²) >= 11 is 1.93. The van der Waals surface area contributed by atoms with Gasteiger partial charge in [0.05, 0.1) is 0 Å². The standard InChI is InChI=1S/C26H29FS/c1-19(2)18-25(22-8-6-5-7-9-22)28-24-16-12-21(13-17-24)20-10-14-23(15-11-20)26(3,4)27/h5-17,19,25H,18H2,1-4H3. The highest BCUT2D eigenvalue weighted by atomic mass is 32.2. The minimum atomic E-state index is -1.30. The summed E-state index contributed by atoms with van der Waals surface area (Å²) in [5.74, 6) is 0.648. The predicted molar refractivity (Wildman–Crippen MR) is 121 cm³/mol. The molecule has 0 aliphatic rings. The Morgan fingerprint density at radius 3 is 1.82 bits per heavy atom. The molecule has 0 heterocycles. The van der Waals surface area contributed by atoms with E-state index in [-0.39, 0.29) is 0 Å². The molecule has 0 saturated heterocycles. The van der Waals surface area contributed by atoms with E-state index in [1.807, 2.05) is 36.0 Å². The van der Waals surface area contributed by atoms with Crippen molar-refractivity contribution in [2.24, 2.45) is 5.92 Å². The van der Waals surface area contributed by atoms with E-state index in [9.17, 15) is 4.39 Å². The maximum atomic E-state index is 14.1. The molecule has 0 aromatic heterocycles. The van der Waals surface area contributed by atoms with Crippen LogP contribution in [-0.2, 0) is 5.67 Å². The smallest absolute Gasteiger partial charge is 0.130 e. The minimum Gasteiger partial charge on any atom is -0.239 e. The van der Waals surface area contributed by atoms with Crippen molar-refractivity contribution in [2.75, 3.05) is 0 Å². The van der Waals surface area contributed by atoms with Crippen LogP contribution >= 0.6 is 11.8 Å². The summed E-state index contributed by atoms with van der Waals surface area (Å²) in [6.07, 6.45) is 1.15. The van der Waals surface area contributed by atoms with E-state index in [1.165, 1.54) is 10.5 Å². The van der Waals surface area contributed by atoms with E-state index < -0.39 is 5.67 Å². The average molecular weight is 393 g/mol. The van der Waals surface area contributed by atoms with E-state index >= 15 is 0 Å². The first-order valence-corrected chi connectivity index (χ1v) is 10.8. The molecule has 2 heteroatoms. The van der Waals surface area contributed by atoms with Gasteiger partial charge in [-0.2, -0.15) is 0 Å². The third-order valence-corrected chi connectivity index (χ3v) is 6.19. The number of alkyl halides is 1. The number of hydrogen-bond acceptors (Lipinski definition) is 1. The van der Waals surface area contributed by atoms with E-state index in [0.717, 1.165) is 17.5 Å². The highest BCUT2D eigenvalue weighted by Crippen LogP contribution is 2.40. The van der Waals surface area contributed by atoms with Crippen LogP contribution in [0.25, 0.3) is 11.1 Å². The van der Waals surface area contributed by atoms with Crippen molar-refractivity contribution in [3.05, 3.63) is 90.0 Å². The Morgan fingerprint density at radius 1 is 0.786 bits per heavy atom. The van der Waals surface area contributed by atoms with Gasteiger partial charge in [0.2, 0.25) is 0 Å². The van der Waals surface area contributed by atoms with Gasteiger partial charge in [0, 0.05) is 10.1 Å². The molecule has 0 amide bonds. The molecule has 0 nitrogen and oxygen atoms in total. The Balaban J connectivity index is 1.76. The fraction of sp³-hybridized carbons (Fsp3) is 0.308. The maximum Gasteiger partial charge on any atom is 0.130 e. The first-order valence-electron chi connectivity index (χ1n) is 9.94. The molecule has 0 aliphatic carbocycles. The fourth-order valence-electron chi connectivity index (χ4n) is 3.30. The van der Waals surface area contributed by atoms with E-state index in [4.69, 9.17) is 0 Å². The van der Waals surface area contributed by atoms with Crippen molar-refractivity contribution in [3.8, 4) is 11.1 Å². The molecule has 3 aromatic carbocycles. The SMILES string of the molecule is CC(C)CC(Sc1ccc(-c2ccc(C(C)(C)F)cc2)cc1)c1ccccc1. The van der Waals surface area contributed by atoms with Crippen molar-refractivity contribution in [1.82, 2.24) is 0 Å². The first-order chi connectivity index (χ1) is 13.3. The van der Waals surface area contributed by atoms with Gasteiger partial charge in [-0.05, 0) is 60.6 Å². The molecule has 3 rings (SSSR count). The van der Waals surface area contributed by atoms with Crippen molar-refractivity contribution in [2.45, 2.75) is 49.9 Å². The molecule has 0 saturated carbocycles. The quantitative estimate of drug-likeness (QED) is 0.363. The second-order valence-corrected chi connectivity index (χ2v) is 9.50.